The van der Waals surface area contributed by atoms with Crippen LogP contribution in [0.2, 0.25) is 10.0 Å². The second-order valence-electron chi connectivity index (χ2n) is 7.23. The lowest BCUT2D eigenvalue weighted by molar-refractivity contribution is 0.522. The van der Waals surface area contributed by atoms with Crippen LogP contribution in [0.1, 0.15) is 69.3 Å². The number of hydrogen-bond donors (Lipinski definition) is 0. The van der Waals surface area contributed by atoms with Gasteiger partial charge in [-0.2, -0.15) is 0 Å². The van der Waals surface area contributed by atoms with Crippen molar-refractivity contribution < 1.29 is 0 Å². The molecule has 0 fully saturated rings. The van der Waals surface area contributed by atoms with Gasteiger partial charge in [0.1, 0.15) is 0 Å². The molecule has 1 aromatic carbocycles. The van der Waals surface area contributed by atoms with Crippen LogP contribution in [-0.2, 0) is 13.0 Å². The minimum absolute atomic E-state index is 0.600. The van der Waals surface area contributed by atoms with E-state index in [1.807, 2.05) is 12.1 Å². The van der Waals surface area contributed by atoms with Gasteiger partial charge < -0.3 is 9.47 Å². The Morgan fingerprint density at radius 2 is 1.77 bits per heavy atom. The van der Waals surface area contributed by atoms with Crippen molar-refractivity contribution in [3.63, 3.8) is 0 Å². The largest absolute Gasteiger partial charge is 0.312 e. The fourth-order valence-corrected chi connectivity index (χ4v) is 5.00. The lowest BCUT2D eigenvalue weighted by atomic mass is 9.92. The number of aromatic nitrogens is 2. The smallest absolute Gasteiger partial charge is 0.210 e. The Hall–Kier alpha value is -1.19. The van der Waals surface area contributed by atoms with Gasteiger partial charge in [-0.25, -0.2) is 4.98 Å². The van der Waals surface area contributed by atoms with E-state index in [0.29, 0.717) is 16.0 Å². The Balaban J connectivity index is 2.07. The summed E-state index contributed by atoms with van der Waals surface area (Å²) in [6.07, 6.45) is 5.85. The van der Waals surface area contributed by atoms with E-state index < -0.39 is 0 Å². The van der Waals surface area contributed by atoms with E-state index in [2.05, 4.69) is 37.2 Å². The fourth-order valence-electron chi connectivity index (χ4n) is 4.31. The summed E-state index contributed by atoms with van der Waals surface area (Å²) in [5.41, 5.74) is 4.84. The van der Waals surface area contributed by atoms with E-state index in [4.69, 9.17) is 28.2 Å². The third-order valence-corrected chi connectivity index (χ3v) is 5.84. The van der Waals surface area contributed by atoms with Gasteiger partial charge in [-0.05, 0) is 43.9 Å². The van der Waals surface area contributed by atoms with Crippen molar-refractivity contribution in [1.82, 2.24) is 9.55 Å². The van der Waals surface area contributed by atoms with Gasteiger partial charge in [0, 0.05) is 29.7 Å². The molecule has 0 bridgehead atoms. The average molecular weight is 394 g/mol. The SMILES string of the molecule is CCCC(CCC)c1c(CC)nc2n1CCN2c1c(C)cc(Cl)cc1Cl. The highest BCUT2D eigenvalue weighted by Crippen LogP contribution is 2.42. The molecule has 0 amide bonds. The van der Waals surface area contributed by atoms with E-state index in [1.165, 1.54) is 37.1 Å². The Morgan fingerprint density at radius 1 is 1.08 bits per heavy atom. The number of benzene rings is 1. The van der Waals surface area contributed by atoms with Gasteiger partial charge in [-0.1, -0.05) is 56.8 Å². The zero-order valence-corrected chi connectivity index (χ0v) is 17.8. The van der Waals surface area contributed by atoms with Gasteiger partial charge >= 0.3 is 0 Å². The molecule has 0 unspecified atom stereocenters. The van der Waals surface area contributed by atoms with Crippen molar-refractivity contribution in [2.24, 2.45) is 0 Å². The Kier molecular flexibility index (Phi) is 6.19. The van der Waals surface area contributed by atoms with E-state index in [0.717, 1.165) is 36.7 Å². The van der Waals surface area contributed by atoms with Gasteiger partial charge in [0.05, 0.1) is 16.4 Å². The number of imidazole rings is 1. The molecule has 0 aliphatic carbocycles. The standard InChI is InChI=1S/C21H29Cl2N3/c1-5-8-15(9-6-2)20-18(7-3)24-21-25(10-11-26(20)21)19-14(4)12-16(22)13-17(19)23/h12-13,15H,5-11H2,1-4H3. The fraction of sp³-hybridized carbons (Fsp3) is 0.571. The van der Waals surface area contributed by atoms with E-state index in [-0.39, 0.29) is 0 Å². The molecule has 0 atom stereocenters. The maximum absolute atomic E-state index is 6.56. The van der Waals surface area contributed by atoms with Gasteiger partial charge in [-0.15, -0.1) is 0 Å². The third kappa shape index (κ3) is 3.48. The maximum Gasteiger partial charge on any atom is 0.210 e. The molecule has 0 saturated heterocycles. The summed E-state index contributed by atoms with van der Waals surface area (Å²) in [7, 11) is 0. The second-order valence-corrected chi connectivity index (χ2v) is 8.07. The molecule has 142 valence electrons. The highest BCUT2D eigenvalue weighted by Gasteiger charge is 2.31. The monoisotopic (exact) mass is 393 g/mol. The molecule has 0 N–H and O–H groups in total. The minimum Gasteiger partial charge on any atom is -0.312 e. The quantitative estimate of drug-likeness (QED) is 0.509. The van der Waals surface area contributed by atoms with E-state index in [1.54, 1.807) is 0 Å². The van der Waals surface area contributed by atoms with E-state index in [9.17, 15) is 0 Å². The molecule has 26 heavy (non-hydrogen) atoms. The van der Waals surface area contributed by atoms with Crippen molar-refractivity contribution >= 4 is 34.8 Å². The van der Waals surface area contributed by atoms with Gasteiger partial charge in [0.15, 0.2) is 0 Å². The van der Waals surface area contributed by atoms with Crippen LogP contribution in [0.4, 0.5) is 11.6 Å². The third-order valence-electron chi connectivity index (χ3n) is 5.34. The summed E-state index contributed by atoms with van der Waals surface area (Å²) < 4.78 is 2.44. The highest BCUT2D eigenvalue weighted by atomic mass is 35.5. The first-order chi connectivity index (χ1) is 12.5. The van der Waals surface area contributed by atoms with Crippen LogP contribution in [0.25, 0.3) is 0 Å². The Bertz CT molecular complexity index is 753. The van der Waals surface area contributed by atoms with E-state index >= 15 is 0 Å². The van der Waals surface area contributed by atoms with Crippen LogP contribution in [0.15, 0.2) is 12.1 Å². The molecular weight excluding hydrogens is 365 g/mol. The molecule has 0 saturated carbocycles. The number of hydrogen-bond acceptors (Lipinski definition) is 2. The molecule has 1 aromatic heterocycles. The first kappa shape index (κ1) is 19.6. The summed E-state index contributed by atoms with van der Waals surface area (Å²) >= 11 is 12.7. The van der Waals surface area contributed by atoms with Crippen molar-refractivity contribution in [3.8, 4) is 0 Å². The molecule has 2 aromatic rings. The number of aryl methyl sites for hydroxylation is 2. The normalized spacial score (nSPS) is 13.7. The summed E-state index contributed by atoms with van der Waals surface area (Å²) in [6.45, 7) is 10.7. The number of nitrogens with zero attached hydrogens (tertiary/aromatic N) is 3. The minimum atomic E-state index is 0.600. The summed E-state index contributed by atoms with van der Waals surface area (Å²) in [5.74, 6) is 1.64. The Labute approximate surface area is 167 Å². The van der Waals surface area contributed by atoms with Crippen LogP contribution in [0.3, 0.4) is 0 Å². The number of fused-ring (bicyclic) bond motifs is 1. The van der Waals surface area contributed by atoms with Gasteiger partial charge in [0.25, 0.3) is 0 Å². The summed E-state index contributed by atoms with van der Waals surface area (Å²) in [4.78, 5) is 7.32. The topological polar surface area (TPSA) is 21.1 Å². The summed E-state index contributed by atoms with van der Waals surface area (Å²) in [5, 5.41) is 1.38. The zero-order valence-electron chi connectivity index (χ0n) is 16.3. The van der Waals surface area contributed by atoms with Gasteiger partial charge in [-0.3, -0.25) is 0 Å². The molecule has 1 aliphatic rings. The second kappa shape index (κ2) is 8.22. The zero-order chi connectivity index (χ0) is 18.8. The highest BCUT2D eigenvalue weighted by molar-refractivity contribution is 6.36. The van der Waals surface area contributed by atoms with Crippen LogP contribution in [0, 0.1) is 6.92 Å². The predicted molar refractivity (Wildman–Crippen MR) is 112 cm³/mol. The lowest BCUT2D eigenvalue weighted by Gasteiger charge is -2.20. The van der Waals surface area contributed by atoms with Crippen LogP contribution < -0.4 is 4.90 Å². The number of anilines is 2. The molecule has 1 aliphatic heterocycles. The van der Waals surface area contributed by atoms with Crippen LogP contribution in [0.5, 0.6) is 0 Å². The average Bonchev–Trinajstić information content (AvgIpc) is 3.13. The van der Waals surface area contributed by atoms with Crippen molar-refractivity contribution in [1.29, 1.82) is 0 Å². The predicted octanol–water partition coefficient (Wildman–Crippen LogP) is 6.90. The first-order valence-corrected chi connectivity index (χ1v) is 10.6. The van der Waals surface area contributed by atoms with Gasteiger partial charge in [0.2, 0.25) is 5.95 Å². The Morgan fingerprint density at radius 3 is 2.35 bits per heavy atom. The molecule has 5 heteroatoms. The van der Waals surface area contributed by atoms with Crippen molar-refractivity contribution in [3.05, 3.63) is 39.1 Å². The maximum atomic E-state index is 6.56. The molecular formula is C21H29Cl2N3. The number of rotatable bonds is 7. The summed E-state index contributed by atoms with van der Waals surface area (Å²) in [6, 6.07) is 3.81. The van der Waals surface area contributed by atoms with Crippen LogP contribution >= 0.6 is 23.2 Å². The van der Waals surface area contributed by atoms with Crippen molar-refractivity contribution in [2.45, 2.75) is 72.3 Å². The molecule has 0 spiro atoms. The molecule has 0 radical (unpaired) electrons. The first-order valence-electron chi connectivity index (χ1n) is 9.84. The molecule has 3 nitrogen and oxygen atoms in total. The lowest BCUT2D eigenvalue weighted by Crippen LogP contribution is -2.16. The van der Waals surface area contributed by atoms with Crippen LogP contribution in [-0.4, -0.2) is 16.1 Å². The molecule has 2 heterocycles. The number of halogens is 2. The van der Waals surface area contributed by atoms with Crippen molar-refractivity contribution in [2.75, 3.05) is 11.4 Å². The molecule has 3 rings (SSSR count).